The summed E-state index contributed by atoms with van der Waals surface area (Å²) in [6.45, 7) is -0.214. The van der Waals surface area contributed by atoms with Crippen LogP contribution in [-0.4, -0.2) is 24.9 Å². The Morgan fingerprint density at radius 1 is 1.69 bits per heavy atom. The molecule has 0 fully saturated rings. The predicted octanol–water partition coefficient (Wildman–Crippen LogP) is -0.851. The monoisotopic (exact) mass is 180 g/mol. The predicted molar refractivity (Wildman–Crippen MR) is 45.1 cm³/mol. The molecule has 0 atom stereocenters. The third kappa shape index (κ3) is 1.03. The van der Waals surface area contributed by atoms with Crippen molar-refractivity contribution in [2.24, 2.45) is 7.05 Å². The minimum atomic E-state index is -0.250. The topological polar surface area (TPSA) is 83.8 Å². The molecule has 0 aromatic carbocycles. The Balaban J connectivity index is 2.96. The second kappa shape index (κ2) is 2.67. The van der Waals surface area contributed by atoms with Gasteiger partial charge in [-0.05, 0) is 0 Å². The first-order chi connectivity index (χ1) is 6.24. The molecule has 0 aliphatic carbocycles. The van der Waals surface area contributed by atoms with Gasteiger partial charge in [0.05, 0.1) is 12.9 Å². The lowest BCUT2D eigenvalue weighted by molar-refractivity contribution is 0.277. The third-order valence-electron chi connectivity index (χ3n) is 1.85. The van der Waals surface area contributed by atoms with Crippen LogP contribution in [0.3, 0.4) is 0 Å². The lowest BCUT2D eigenvalue weighted by atomic mass is 10.3. The van der Waals surface area contributed by atoms with Crippen LogP contribution < -0.4 is 5.56 Å². The summed E-state index contributed by atoms with van der Waals surface area (Å²) in [7, 11) is 1.64. The van der Waals surface area contributed by atoms with Gasteiger partial charge in [-0.2, -0.15) is 5.10 Å². The van der Waals surface area contributed by atoms with Gasteiger partial charge in [-0.3, -0.25) is 9.48 Å². The van der Waals surface area contributed by atoms with Crippen LogP contribution >= 0.6 is 0 Å². The van der Waals surface area contributed by atoms with Gasteiger partial charge in [0.1, 0.15) is 11.2 Å². The number of nitrogens with one attached hydrogen (secondary N) is 1. The van der Waals surface area contributed by atoms with Crippen LogP contribution in [0.15, 0.2) is 11.1 Å². The summed E-state index contributed by atoms with van der Waals surface area (Å²) < 4.78 is 1.41. The lowest BCUT2D eigenvalue weighted by Crippen LogP contribution is -2.09. The van der Waals surface area contributed by atoms with E-state index in [-0.39, 0.29) is 12.2 Å². The van der Waals surface area contributed by atoms with Gasteiger partial charge >= 0.3 is 0 Å². The molecule has 0 unspecified atom stereocenters. The van der Waals surface area contributed by atoms with E-state index in [1.807, 2.05) is 0 Å². The van der Waals surface area contributed by atoms with Gasteiger partial charge in [0.25, 0.3) is 5.56 Å². The summed E-state index contributed by atoms with van der Waals surface area (Å²) in [5.74, 6) is 0. The maximum Gasteiger partial charge on any atom is 0.276 e. The van der Waals surface area contributed by atoms with E-state index in [1.54, 1.807) is 7.05 Å². The number of hydrogen-bond donors (Lipinski definition) is 2. The normalized spacial score (nSPS) is 10.9. The molecule has 68 valence electrons. The summed E-state index contributed by atoms with van der Waals surface area (Å²) >= 11 is 0. The molecule has 0 bridgehead atoms. The van der Waals surface area contributed by atoms with Crippen molar-refractivity contribution in [1.82, 2.24) is 19.7 Å². The number of aryl methyl sites for hydroxylation is 1. The molecule has 2 N–H and O–H groups in total. The third-order valence-corrected chi connectivity index (χ3v) is 1.85. The van der Waals surface area contributed by atoms with Crippen LogP contribution in [-0.2, 0) is 13.7 Å². The number of fused-ring (bicyclic) bond motifs is 1. The molecule has 6 heteroatoms. The van der Waals surface area contributed by atoms with Crippen molar-refractivity contribution < 1.29 is 5.11 Å². The molecule has 0 saturated carbocycles. The first kappa shape index (κ1) is 7.93. The highest BCUT2D eigenvalue weighted by molar-refractivity contribution is 5.75. The van der Waals surface area contributed by atoms with E-state index in [0.717, 1.165) is 0 Å². The highest BCUT2D eigenvalue weighted by Gasteiger charge is 2.10. The van der Waals surface area contributed by atoms with E-state index in [2.05, 4.69) is 15.1 Å². The minimum absolute atomic E-state index is 0.214. The second-order valence-electron chi connectivity index (χ2n) is 2.66. The summed E-state index contributed by atoms with van der Waals surface area (Å²) in [6, 6.07) is 0. The Kier molecular flexibility index (Phi) is 1.63. The van der Waals surface area contributed by atoms with Gasteiger partial charge < -0.3 is 10.1 Å². The van der Waals surface area contributed by atoms with Crippen molar-refractivity contribution in [2.75, 3.05) is 0 Å². The van der Waals surface area contributed by atoms with Crippen LogP contribution in [0.4, 0.5) is 0 Å². The fourth-order valence-electron chi connectivity index (χ4n) is 1.29. The summed E-state index contributed by atoms with van der Waals surface area (Å²) in [5, 5.41) is 12.9. The highest BCUT2D eigenvalue weighted by atomic mass is 16.3. The van der Waals surface area contributed by atoms with Crippen LogP contribution in [0.25, 0.3) is 11.0 Å². The van der Waals surface area contributed by atoms with E-state index in [4.69, 9.17) is 5.11 Å². The van der Waals surface area contributed by atoms with Crippen LogP contribution in [0.2, 0.25) is 0 Å². The average Bonchev–Trinajstić information content (AvgIpc) is 2.44. The number of aromatic nitrogens is 4. The first-order valence-electron chi connectivity index (χ1n) is 3.74. The summed E-state index contributed by atoms with van der Waals surface area (Å²) in [4.78, 5) is 17.7. The molecule has 6 nitrogen and oxygen atoms in total. The molecule has 0 aliphatic rings. The van der Waals surface area contributed by atoms with E-state index in [1.165, 1.54) is 11.0 Å². The van der Waals surface area contributed by atoms with Crippen LogP contribution in [0.1, 0.15) is 5.69 Å². The van der Waals surface area contributed by atoms with Crippen molar-refractivity contribution in [3.05, 3.63) is 22.4 Å². The van der Waals surface area contributed by atoms with E-state index >= 15 is 0 Å². The van der Waals surface area contributed by atoms with Gasteiger partial charge in [-0.25, -0.2) is 4.98 Å². The maximum absolute atomic E-state index is 11.3. The smallest absolute Gasteiger partial charge is 0.276 e. The highest BCUT2D eigenvalue weighted by Crippen LogP contribution is 2.09. The quantitative estimate of drug-likeness (QED) is 0.598. The number of hydrogen-bond acceptors (Lipinski definition) is 4. The van der Waals surface area contributed by atoms with Gasteiger partial charge in [-0.15, -0.1) is 0 Å². The van der Waals surface area contributed by atoms with E-state index in [0.29, 0.717) is 16.7 Å². The number of nitrogens with zero attached hydrogens (tertiary/aromatic N) is 3. The molecular formula is C7H8N4O2. The lowest BCUT2D eigenvalue weighted by Gasteiger charge is -1.89. The molecule has 0 spiro atoms. The van der Waals surface area contributed by atoms with Crippen molar-refractivity contribution in [3.8, 4) is 0 Å². The molecule has 2 aromatic rings. The summed E-state index contributed by atoms with van der Waals surface area (Å²) in [5.41, 5.74) is 1.00. The van der Waals surface area contributed by atoms with Crippen molar-refractivity contribution >= 4 is 11.0 Å². The van der Waals surface area contributed by atoms with E-state index < -0.39 is 0 Å². The minimum Gasteiger partial charge on any atom is -0.390 e. The van der Waals surface area contributed by atoms with E-state index in [9.17, 15) is 4.79 Å². The molecule has 13 heavy (non-hydrogen) atoms. The number of rotatable bonds is 1. The number of aliphatic hydroxyl groups is 1. The van der Waals surface area contributed by atoms with Crippen molar-refractivity contribution in [3.63, 3.8) is 0 Å². The van der Waals surface area contributed by atoms with Crippen LogP contribution in [0, 0.1) is 0 Å². The average molecular weight is 180 g/mol. The van der Waals surface area contributed by atoms with Crippen molar-refractivity contribution in [1.29, 1.82) is 0 Å². The Hall–Kier alpha value is -1.69. The van der Waals surface area contributed by atoms with Gasteiger partial charge in [0.15, 0.2) is 5.52 Å². The Morgan fingerprint density at radius 3 is 3.15 bits per heavy atom. The zero-order chi connectivity index (χ0) is 9.42. The largest absolute Gasteiger partial charge is 0.390 e. The molecule has 0 saturated heterocycles. The molecule has 2 heterocycles. The zero-order valence-corrected chi connectivity index (χ0v) is 6.98. The summed E-state index contributed by atoms with van der Waals surface area (Å²) in [6.07, 6.45) is 1.30. The fourth-order valence-corrected chi connectivity index (χ4v) is 1.29. The zero-order valence-electron chi connectivity index (χ0n) is 6.98. The number of aliphatic hydroxyl groups excluding tert-OH is 1. The molecule has 0 radical (unpaired) electrons. The van der Waals surface area contributed by atoms with Gasteiger partial charge in [-0.1, -0.05) is 0 Å². The maximum atomic E-state index is 11.3. The molecule has 2 aromatic heterocycles. The fraction of sp³-hybridized carbons (Fsp3) is 0.286. The van der Waals surface area contributed by atoms with Crippen LogP contribution in [0.5, 0.6) is 0 Å². The number of aromatic amines is 1. The second-order valence-corrected chi connectivity index (χ2v) is 2.66. The molecule has 2 rings (SSSR count). The Morgan fingerprint density at radius 2 is 2.46 bits per heavy atom. The Bertz CT molecular complexity index is 499. The number of H-pyrrole nitrogens is 1. The van der Waals surface area contributed by atoms with Gasteiger partial charge in [0.2, 0.25) is 0 Å². The molecular weight excluding hydrogens is 172 g/mol. The van der Waals surface area contributed by atoms with Crippen molar-refractivity contribution in [2.45, 2.75) is 6.61 Å². The van der Waals surface area contributed by atoms with Gasteiger partial charge in [0, 0.05) is 7.05 Å². The first-order valence-corrected chi connectivity index (χ1v) is 3.74. The SMILES string of the molecule is Cn1nc(CO)c2nc[nH]c(=O)c21. The standard InChI is InChI=1S/C7H8N4O2/c1-11-6-5(4(2-12)10-11)8-3-9-7(6)13/h3,12H,2H2,1H3,(H,8,9,13). The molecule has 0 amide bonds. The molecule has 0 aliphatic heterocycles. The Labute approximate surface area is 72.8 Å².